The fourth-order valence-electron chi connectivity index (χ4n) is 2.23. The van der Waals surface area contributed by atoms with E-state index < -0.39 is 11.9 Å². The van der Waals surface area contributed by atoms with Crippen LogP contribution in [0.2, 0.25) is 0 Å². The molecule has 3 aromatic rings. The van der Waals surface area contributed by atoms with Crippen LogP contribution in [0.5, 0.6) is 0 Å². The molecule has 2 aromatic heterocycles. The largest absolute Gasteiger partial charge is 0.472 e. The maximum absolute atomic E-state index is 12.2. The van der Waals surface area contributed by atoms with E-state index in [1.54, 1.807) is 37.3 Å². The molecule has 0 aliphatic heterocycles. The molecule has 1 aromatic carbocycles. The standard InChI is InChI=1S/C19H17N3O4S/c1-12(20-18(24)13-8-9-26-11-13)17(23)21-14-4-6-15(7-5-14)22-19(25)16-3-2-10-27-16/h2-12H,1H3,(H,20,24)(H,21,23)(H,22,25). The Kier molecular flexibility index (Phi) is 5.68. The minimum Gasteiger partial charge on any atom is -0.472 e. The predicted octanol–water partition coefficient (Wildman–Crippen LogP) is 3.35. The third-order valence-electron chi connectivity index (χ3n) is 3.68. The quantitative estimate of drug-likeness (QED) is 0.608. The minimum absolute atomic E-state index is 0.183. The van der Waals surface area contributed by atoms with Gasteiger partial charge in [-0.2, -0.15) is 0 Å². The van der Waals surface area contributed by atoms with Gasteiger partial charge in [-0.25, -0.2) is 0 Å². The van der Waals surface area contributed by atoms with E-state index in [0.717, 1.165) is 0 Å². The SMILES string of the molecule is CC(NC(=O)c1ccoc1)C(=O)Nc1ccc(NC(=O)c2cccs2)cc1. The van der Waals surface area contributed by atoms with Crippen molar-refractivity contribution >= 4 is 40.4 Å². The molecule has 0 spiro atoms. The van der Waals surface area contributed by atoms with Gasteiger partial charge < -0.3 is 20.4 Å². The van der Waals surface area contributed by atoms with Crippen molar-refractivity contribution in [1.29, 1.82) is 0 Å². The third-order valence-corrected chi connectivity index (χ3v) is 4.55. The molecule has 0 saturated heterocycles. The Balaban J connectivity index is 1.53. The molecule has 3 rings (SSSR count). The zero-order valence-corrected chi connectivity index (χ0v) is 15.2. The summed E-state index contributed by atoms with van der Waals surface area (Å²) < 4.78 is 4.84. The highest BCUT2D eigenvalue weighted by molar-refractivity contribution is 7.12. The van der Waals surface area contributed by atoms with Gasteiger partial charge in [0, 0.05) is 11.4 Å². The number of rotatable bonds is 6. The van der Waals surface area contributed by atoms with Gasteiger partial charge >= 0.3 is 0 Å². The van der Waals surface area contributed by atoms with Crippen LogP contribution in [0, 0.1) is 0 Å². The summed E-state index contributed by atoms with van der Waals surface area (Å²) in [6.45, 7) is 1.59. The molecule has 0 radical (unpaired) electrons. The number of benzene rings is 1. The summed E-state index contributed by atoms with van der Waals surface area (Å²) in [4.78, 5) is 36.8. The van der Waals surface area contributed by atoms with Crippen molar-refractivity contribution < 1.29 is 18.8 Å². The molecule has 0 bridgehead atoms. The van der Waals surface area contributed by atoms with E-state index in [0.29, 0.717) is 21.8 Å². The van der Waals surface area contributed by atoms with Gasteiger partial charge in [-0.3, -0.25) is 14.4 Å². The lowest BCUT2D eigenvalue weighted by molar-refractivity contribution is -0.117. The van der Waals surface area contributed by atoms with Crippen molar-refractivity contribution in [3.05, 3.63) is 70.8 Å². The second-order valence-electron chi connectivity index (χ2n) is 5.71. The van der Waals surface area contributed by atoms with Gasteiger partial charge in [-0.1, -0.05) is 6.07 Å². The number of thiophene rings is 1. The fraction of sp³-hybridized carbons (Fsp3) is 0.105. The first-order valence-corrected chi connectivity index (χ1v) is 9.00. The normalized spacial score (nSPS) is 11.4. The van der Waals surface area contributed by atoms with E-state index in [2.05, 4.69) is 16.0 Å². The Labute approximate surface area is 159 Å². The number of amides is 3. The first kappa shape index (κ1) is 18.4. The van der Waals surface area contributed by atoms with Gasteiger partial charge in [-0.05, 0) is 48.7 Å². The van der Waals surface area contributed by atoms with Crippen LogP contribution in [-0.4, -0.2) is 23.8 Å². The van der Waals surface area contributed by atoms with Gasteiger partial charge in [0.05, 0.1) is 16.7 Å². The molecule has 0 fully saturated rings. The number of carbonyl (C=O) groups is 3. The summed E-state index contributed by atoms with van der Waals surface area (Å²) in [5.74, 6) is -0.933. The van der Waals surface area contributed by atoms with Crippen LogP contribution in [0.4, 0.5) is 11.4 Å². The number of carbonyl (C=O) groups excluding carboxylic acids is 3. The Morgan fingerprint density at radius 3 is 2.26 bits per heavy atom. The van der Waals surface area contributed by atoms with Crippen LogP contribution in [0.15, 0.2) is 64.8 Å². The van der Waals surface area contributed by atoms with Crippen LogP contribution in [0.3, 0.4) is 0 Å². The fourth-order valence-corrected chi connectivity index (χ4v) is 2.85. The van der Waals surface area contributed by atoms with Gasteiger partial charge in [0.2, 0.25) is 5.91 Å². The Morgan fingerprint density at radius 2 is 1.67 bits per heavy atom. The molecule has 0 aliphatic carbocycles. The maximum Gasteiger partial charge on any atom is 0.265 e. The average molecular weight is 383 g/mol. The minimum atomic E-state index is -0.731. The molecule has 138 valence electrons. The van der Waals surface area contributed by atoms with Crippen molar-refractivity contribution in [1.82, 2.24) is 5.32 Å². The van der Waals surface area contributed by atoms with Crippen molar-refractivity contribution in [2.45, 2.75) is 13.0 Å². The molecule has 3 N–H and O–H groups in total. The second-order valence-corrected chi connectivity index (χ2v) is 6.65. The first-order valence-electron chi connectivity index (χ1n) is 8.12. The van der Waals surface area contributed by atoms with Gasteiger partial charge in [-0.15, -0.1) is 11.3 Å². The molecule has 8 heteroatoms. The van der Waals surface area contributed by atoms with Crippen LogP contribution in [0.25, 0.3) is 0 Å². The Morgan fingerprint density at radius 1 is 0.963 bits per heavy atom. The van der Waals surface area contributed by atoms with Gasteiger partial charge in [0.25, 0.3) is 11.8 Å². The van der Waals surface area contributed by atoms with Crippen LogP contribution in [0.1, 0.15) is 27.0 Å². The number of anilines is 2. The lowest BCUT2D eigenvalue weighted by Gasteiger charge is -2.14. The molecule has 7 nitrogen and oxygen atoms in total. The summed E-state index contributed by atoms with van der Waals surface area (Å²) in [6, 6.07) is 11.1. The van der Waals surface area contributed by atoms with E-state index in [1.807, 2.05) is 11.4 Å². The summed E-state index contributed by atoms with van der Waals surface area (Å²) in [5.41, 5.74) is 1.52. The number of hydrogen-bond donors (Lipinski definition) is 3. The molecule has 27 heavy (non-hydrogen) atoms. The Bertz CT molecular complexity index is 919. The van der Waals surface area contributed by atoms with Crippen molar-refractivity contribution in [2.24, 2.45) is 0 Å². The van der Waals surface area contributed by atoms with Crippen LogP contribution in [-0.2, 0) is 4.79 Å². The number of hydrogen-bond acceptors (Lipinski definition) is 5. The highest BCUT2D eigenvalue weighted by Gasteiger charge is 2.17. The number of furan rings is 1. The van der Waals surface area contributed by atoms with E-state index >= 15 is 0 Å². The predicted molar refractivity (Wildman–Crippen MR) is 103 cm³/mol. The lowest BCUT2D eigenvalue weighted by atomic mass is 10.2. The van der Waals surface area contributed by atoms with E-state index in [4.69, 9.17) is 4.42 Å². The van der Waals surface area contributed by atoms with Crippen LogP contribution < -0.4 is 16.0 Å². The molecule has 0 aliphatic rings. The third kappa shape index (κ3) is 4.83. The van der Waals surface area contributed by atoms with Crippen LogP contribution >= 0.6 is 11.3 Å². The Hall–Kier alpha value is -3.39. The first-order chi connectivity index (χ1) is 13.0. The van der Waals surface area contributed by atoms with Crippen molar-refractivity contribution in [3.8, 4) is 0 Å². The van der Waals surface area contributed by atoms with E-state index in [1.165, 1.54) is 29.9 Å². The number of nitrogens with one attached hydrogen (secondary N) is 3. The molecular weight excluding hydrogens is 366 g/mol. The summed E-state index contributed by atoms with van der Waals surface area (Å²) in [6.07, 6.45) is 2.70. The average Bonchev–Trinajstić information content (AvgIpc) is 3.37. The molecule has 2 heterocycles. The molecule has 0 saturated carbocycles. The van der Waals surface area contributed by atoms with Crippen molar-refractivity contribution in [2.75, 3.05) is 10.6 Å². The molecule has 3 amide bonds. The zero-order valence-electron chi connectivity index (χ0n) is 14.4. The maximum atomic E-state index is 12.2. The zero-order chi connectivity index (χ0) is 19.2. The lowest BCUT2D eigenvalue weighted by Crippen LogP contribution is -2.41. The van der Waals surface area contributed by atoms with Gasteiger partial charge in [0.15, 0.2) is 0 Å². The van der Waals surface area contributed by atoms with E-state index in [-0.39, 0.29) is 11.8 Å². The molecule has 1 unspecified atom stereocenters. The summed E-state index contributed by atoms with van der Waals surface area (Å²) >= 11 is 1.36. The summed E-state index contributed by atoms with van der Waals surface area (Å²) in [7, 11) is 0. The summed E-state index contributed by atoms with van der Waals surface area (Å²) in [5, 5.41) is 9.92. The van der Waals surface area contributed by atoms with Crippen molar-refractivity contribution in [3.63, 3.8) is 0 Å². The van der Waals surface area contributed by atoms with E-state index in [9.17, 15) is 14.4 Å². The highest BCUT2D eigenvalue weighted by atomic mass is 32.1. The second kappa shape index (κ2) is 8.33. The monoisotopic (exact) mass is 383 g/mol. The molecular formula is C19H17N3O4S. The smallest absolute Gasteiger partial charge is 0.265 e. The highest BCUT2D eigenvalue weighted by Crippen LogP contribution is 2.16. The topological polar surface area (TPSA) is 100 Å². The van der Waals surface area contributed by atoms with Gasteiger partial charge in [0.1, 0.15) is 12.3 Å². The molecule has 1 atom stereocenters.